The highest BCUT2D eigenvalue weighted by Gasteiger charge is 2.10. The number of halogens is 1. The summed E-state index contributed by atoms with van der Waals surface area (Å²) in [6, 6.07) is 14.3. The number of nitrogens with zero attached hydrogens (tertiary/aromatic N) is 1. The van der Waals surface area contributed by atoms with Gasteiger partial charge in [0, 0.05) is 5.69 Å². The first kappa shape index (κ1) is 16.2. The van der Waals surface area contributed by atoms with Crippen molar-refractivity contribution in [3.63, 3.8) is 0 Å². The molecule has 2 aromatic rings. The summed E-state index contributed by atoms with van der Waals surface area (Å²) in [7, 11) is 0. The number of anilines is 1. The summed E-state index contributed by atoms with van der Waals surface area (Å²) in [5.41, 5.74) is 0.917. The van der Waals surface area contributed by atoms with Crippen molar-refractivity contribution in [2.75, 3.05) is 11.9 Å². The Morgan fingerprint density at radius 2 is 2.04 bits per heavy atom. The molecule has 23 heavy (non-hydrogen) atoms. The molecule has 0 fully saturated rings. The van der Waals surface area contributed by atoms with E-state index in [0.717, 1.165) is 0 Å². The summed E-state index contributed by atoms with van der Waals surface area (Å²) in [6.07, 6.45) is 1.46. The van der Waals surface area contributed by atoms with Gasteiger partial charge in [-0.3, -0.25) is 4.79 Å². The van der Waals surface area contributed by atoms with Crippen LogP contribution in [0.5, 0.6) is 5.75 Å². The van der Waals surface area contributed by atoms with Crippen LogP contribution in [0, 0.1) is 17.1 Å². The van der Waals surface area contributed by atoms with Gasteiger partial charge >= 0.3 is 0 Å². The maximum absolute atomic E-state index is 13.1. The molecule has 4 nitrogen and oxygen atoms in total. The average Bonchev–Trinajstić information content (AvgIpc) is 2.54. The van der Waals surface area contributed by atoms with E-state index < -0.39 is 11.7 Å². The van der Waals surface area contributed by atoms with Crippen LogP contribution in [0.1, 0.15) is 12.5 Å². The molecule has 0 saturated heterocycles. The Morgan fingerprint density at radius 3 is 2.65 bits per heavy atom. The highest BCUT2D eigenvalue weighted by atomic mass is 19.1. The Kier molecular flexibility index (Phi) is 5.48. The van der Waals surface area contributed by atoms with Crippen LogP contribution < -0.4 is 10.1 Å². The number of hydrogen-bond acceptors (Lipinski definition) is 3. The molecule has 0 aliphatic rings. The number of carbonyl (C=O) groups excluding carboxylic acids is 1. The third-order valence-electron chi connectivity index (χ3n) is 2.95. The lowest BCUT2D eigenvalue weighted by Gasteiger charge is -2.05. The smallest absolute Gasteiger partial charge is 0.266 e. The molecule has 1 N–H and O–H groups in total. The van der Waals surface area contributed by atoms with Gasteiger partial charge < -0.3 is 10.1 Å². The second-order valence-corrected chi connectivity index (χ2v) is 4.64. The summed E-state index contributed by atoms with van der Waals surface area (Å²) >= 11 is 0. The quantitative estimate of drug-likeness (QED) is 0.675. The van der Waals surface area contributed by atoms with Crippen molar-refractivity contribution in [1.82, 2.24) is 0 Å². The van der Waals surface area contributed by atoms with E-state index in [1.54, 1.807) is 30.3 Å². The standard InChI is InChI=1S/C18H15FN2O2/c1-2-23-17-8-6-13(7-9-17)10-14(12-20)18(22)21-16-5-3-4-15(19)11-16/h3-11H,2H2,1H3,(H,21,22)/b14-10+. The average molecular weight is 310 g/mol. The number of nitrogens with one attached hydrogen (secondary N) is 1. The van der Waals surface area contributed by atoms with E-state index in [9.17, 15) is 9.18 Å². The normalized spacial score (nSPS) is 10.7. The molecular weight excluding hydrogens is 295 g/mol. The van der Waals surface area contributed by atoms with Crippen LogP contribution >= 0.6 is 0 Å². The number of nitriles is 1. The Hall–Kier alpha value is -3.13. The van der Waals surface area contributed by atoms with Crippen molar-refractivity contribution in [2.45, 2.75) is 6.92 Å². The summed E-state index contributed by atoms with van der Waals surface area (Å²) in [5, 5.41) is 11.6. The minimum Gasteiger partial charge on any atom is -0.494 e. The summed E-state index contributed by atoms with van der Waals surface area (Å²) in [4.78, 5) is 12.1. The molecule has 0 saturated carbocycles. The Morgan fingerprint density at radius 1 is 1.30 bits per heavy atom. The van der Waals surface area contributed by atoms with E-state index in [4.69, 9.17) is 10.00 Å². The van der Waals surface area contributed by atoms with Crippen LogP contribution in [0.25, 0.3) is 6.08 Å². The Labute approximate surface area is 133 Å². The van der Waals surface area contributed by atoms with Crippen LogP contribution in [-0.4, -0.2) is 12.5 Å². The monoisotopic (exact) mass is 310 g/mol. The third-order valence-corrected chi connectivity index (χ3v) is 2.95. The van der Waals surface area contributed by atoms with E-state index in [1.807, 2.05) is 13.0 Å². The molecule has 5 heteroatoms. The third kappa shape index (κ3) is 4.68. The fourth-order valence-corrected chi connectivity index (χ4v) is 1.91. The maximum Gasteiger partial charge on any atom is 0.266 e. The first-order valence-electron chi connectivity index (χ1n) is 7.04. The molecule has 2 aromatic carbocycles. The molecule has 0 bridgehead atoms. The van der Waals surface area contributed by atoms with Gasteiger partial charge in [-0.2, -0.15) is 5.26 Å². The highest BCUT2D eigenvalue weighted by molar-refractivity contribution is 6.09. The highest BCUT2D eigenvalue weighted by Crippen LogP contribution is 2.16. The van der Waals surface area contributed by atoms with Crippen molar-refractivity contribution < 1.29 is 13.9 Å². The van der Waals surface area contributed by atoms with Gasteiger partial charge in [0.1, 0.15) is 23.2 Å². The molecule has 2 rings (SSSR count). The lowest BCUT2D eigenvalue weighted by molar-refractivity contribution is -0.112. The van der Waals surface area contributed by atoms with Crippen molar-refractivity contribution in [1.29, 1.82) is 5.26 Å². The van der Waals surface area contributed by atoms with Gasteiger partial charge in [-0.25, -0.2) is 4.39 Å². The summed E-state index contributed by atoms with van der Waals surface area (Å²) in [6.45, 7) is 2.45. The van der Waals surface area contributed by atoms with Gasteiger partial charge in [0.15, 0.2) is 0 Å². The number of hydrogen-bond donors (Lipinski definition) is 1. The predicted molar refractivity (Wildman–Crippen MR) is 86.2 cm³/mol. The molecule has 0 heterocycles. The zero-order valence-corrected chi connectivity index (χ0v) is 12.5. The van der Waals surface area contributed by atoms with Gasteiger partial charge in [0.25, 0.3) is 5.91 Å². The van der Waals surface area contributed by atoms with Crippen LogP contribution in [0.2, 0.25) is 0 Å². The minimum atomic E-state index is -0.591. The maximum atomic E-state index is 13.1. The van der Waals surface area contributed by atoms with E-state index >= 15 is 0 Å². The van der Waals surface area contributed by atoms with Crippen LogP contribution in [0.15, 0.2) is 54.1 Å². The lowest BCUT2D eigenvalue weighted by Crippen LogP contribution is -2.13. The Balaban J connectivity index is 2.14. The molecule has 0 aromatic heterocycles. The fraction of sp³-hybridized carbons (Fsp3) is 0.111. The number of amides is 1. The first-order chi connectivity index (χ1) is 11.1. The number of rotatable bonds is 5. The molecule has 0 atom stereocenters. The number of carbonyl (C=O) groups is 1. The zero-order chi connectivity index (χ0) is 16.7. The van der Waals surface area contributed by atoms with Gasteiger partial charge in [0.05, 0.1) is 6.61 Å². The fourth-order valence-electron chi connectivity index (χ4n) is 1.91. The second-order valence-electron chi connectivity index (χ2n) is 4.64. The van der Waals surface area contributed by atoms with Gasteiger partial charge in [-0.1, -0.05) is 18.2 Å². The summed E-state index contributed by atoms with van der Waals surface area (Å²) in [5.74, 6) is -0.337. The van der Waals surface area contributed by atoms with Crippen molar-refractivity contribution in [2.24, 2.45) is 0 Å². The van der Waals surface area contributed by atoms with Gasteiger partial charge in [-0.05, 0) is 48.9 Å². The Bertz CT molecular complexity index is 761. The van der Waals surface area contributed by atoms with Crippen molar-refractivity contribution in [3.8, 4) is 11.8 Å². The minimum absolute atomic E-state index is 0.0709. The first-order valence-corrected chi connectivity index (χ1v) is 7.04. The van der Waals surface area contributed by atoms with E-state index in [2.05, 4.69) is 5.32 Å². The molecule has 0 radical (unpaired) electrons. The molecule has 1 amide bonds. The van der Waals surface area contributed by atoms with Gasteiger partial charge in [0.2, 0.25) is 0 Å². The number of benzene rings is 2. The van der Waals surface area contributed by atoms with Crippen LogP contribution in [0.4, 0.5) is 10.1 Å². The van der Waals surface area contributed by atoms with E-state index in [1.165, 1.54) is 24.3 Å². The largest absolute Gasteiger partial charge is 0.494 e. The SMILES string of the molecule is CCOc1ccc(/C=C(\C#N)C(=O)Nc2cccc(F)c2)cc1. The topological polar surface area (TPSA) is 62.1 Å². The molecule has 0 aliphatic heterocycles. The predicted octanol–water partition coefficient (Wildman–Crippen LogP) is 3.77. The molecule has 0 unspecified atom stereocenters. The summed E-state index contributed by atoms with van der Waals surface area (Å²) < 4.78 is 18.4. The lowest BCUT2D eigenvalue weighted by atomic mass is 10.1. The number of ether oxygens (including phenoxy) is 1. The molecule has 0 spiro atoms. The van der Waals surface area contributed by atoms with Crippen LogP contribution in [0.3, 0.4) is 0 Å². The second kappa shape index (κ2) is 7.76. The zero-order valence-electron chi connectivity index (χ0n) is 12.5. The van der Waals surface area contributed by atoms with Crippen LogP contribution in [-0.2, 0) is 4.79 Å². The van der Waals surface area contributed by atoms with E-state index in [0.29, 0.717) is 23.6 Å². The molecule has 0 aliphatic carbocycles. The molecular formula is C18H15FN2O2. The van der Waals surface area contributed by atoms with E-state index in [-0.39, 0.29) is 5.57 Å². The molecule has 116 valence electrons. The van der Waals surface area contributed by atoms with Gasteiger partial charge in [-0.15, -0.1) is 0 Å². The van der Waals surface area contributed by atoms with Crippen molar-refractivity contribution >= 4 is 17.7 Å². The van der Waals surface area contributed by atoms with Crippen molar-refractivity contribution in [3.05, 3.63) is 65.5 Å².